The summed E-state index contributed by atoms with van der Waals surface area (Å²) in [5.74, 6) is 0. The van der Waals surface area contributed by atoms with Crippen LogP contribution in [0.4, 0.5) is 0 Å². The van der Waals surface area contributed by atoms with Gasteiger partial charge in [0, 0.05) is 0 Å². The summed E-state index contributed by atoms with van der Waals surface area (Å²) in [6.45, 7) is 8.96. The van der Waals surface area contributed by atoms with Crippen LogP contribution in [-0.4, -0.2) is 0 Å². The van der Waals surface area contributed by atoms with Gasteiger partial charge in [-0.25, -0.2) is 0 Å². The molecule has 136 valence electrons. The third-order valence-electron chi connectivity index (χ3n) is 5.37. The van der Waals surface area contributed by atoms with Crippen LogP contribution in [0.5, 0.6) is 0 Å². The van der Waals surface area contributed by atoms with E-state index in [1.807, 2.05) is 0 Å². The molecule has 0 N–H and O–H groups in total. The van der Waals surface area contributed by atoms with Crippen molar-refractivity contribution in [3.05, 3.63) is 70.8 Å². The van der Waals surface area contributed by atoms with Gasteiger partial charge in [-0.1, -0.05) is 80.3 Å². The van der Waals surface area contributed by atoms with E-state index in [4.69, 9.17) is 0 Å². The van der Waals surface area contributed by atoms with Crippen LogP contribution >= 0.6 is 0 Å². The van der Waals surface area contributed by atoms with Gasteiger partial charge in [-0.2, -0.15) is 0 Å². The molecule has 0 spiro atoms. The fraction of sp³-hybridized carbons (Fsp3) is 0.385. The van der Waals surface area contributed by atoms with Crippen molar-refractivity contribution in [1.82, 2.24) is 0 Å². The van der Waals surface area contributed by atoms with Gasteiger partial charge in [0.15, 0.2) is 0 Å². The first-order valence-electron chi connectivity index (χ1n) is 10.3. The second-order valence-corrected chi connectivity index (χ2v) is 7.73. The minimum absolute atomic E-state index is 1.17. The van der Waals surface area contributed by atoms with E-state index in [0.29, 0.717) is 0 Å². The molecule has 0 bridgehead atoms. The number of fused-ring (bicyclic) bond motifs is 1. The average molecular weight is 345 g/mol. The molecule has 0 atom stereocenters. The lowest BCUT2D eigenvalue weighted by atomic mass is 9.89. The molecule has 0 aliphatic rings. The maximum atomic E-state index is 2.44. The molecular weight excluding hydrogens is 312 g/mol. The minimum atomic E-state index is 1.17. The van der Waals surface area contributed by atoms with E-state index in [1.165, 1.54) is 82.7 Å². The molecule has 0 amide bonds. The Labute approximate surface area is 159 Å². The first kappa shape index (κ1) is 18.7. The summed E-state index contributed by atoms with van der Waals surface area (Å²) in [4.78, 5) is 0. The van der Waals surface area contributed by atoms with Gasteiger partial charge in [-0.05, 0) is 78.6 Å². The first-order valence-corrected chi connectivity index (χ1v) is 10.3. The maximum absolute atomic E-state index is 2.44. The number of aryl methyl sites for hydroxylation is 4. The Morgan fingerprint density at radius 1 is 0.577 bits per heavy atom. The lowest BCUT2D eigenvalue weighted by Crippen LogP contribution is -1.95. The van der Waals surface area contributed by atoms with Crippen molar-refractivity contribution in [3.8, 4) is 11.1 Å². The molecule has 3 aromatic carbocycles. The van der Waals surface area contributed by atoms with Crippen LogP contribution in [0.25, 0.3) is 21.9 Å². The molecule has 0 aliphatic heterocycles. The van der Waals surface area contributed by atoms with Crippen molar-refractivity contribution in [2.45, 2.75) is 66.2 Å². The number of rotatable bonds is 7. The molecule has 26 heavy (non-hydrogen) atoms. The van der Waals surface area contributed by atoms with Gasteiger partial charge < -0.3 is 0 Å². The highest BCUT2D eigenvalue weighted by Gasteiger charge is 2.10. The van der Waals surface area contributed by atoms with Crippen molar-refractivity contribution < 1.29 is 0 Å². The van der Waals surface area contributed by atoms with Crippen LogP contribution in [0.1, 0.15) is 61.8 Å². The third kappa shape index (κ3) is 4.18. The molecule has 0 unspecified atom stereocenters. The predicted octanol–water partition coefficient (Wildman–Crippen LogP) is 7.81. The third-order valence-corrected chi connectivity index (χ3v) is 5.37. The van der Waals surface area contributed by atoms with Crippen molar-refractivity contribution >= 4 is 10.8 Å². The van der Waals surface area contributed by atoms with E-state index in [1.54, 1.807) is 0 Å². The fourth-order valence-corrected chi connectivity index (χ4v) is 3.83. The summed E-state index contributed by atoms with van der Waals surface area (Å²) < 4.78 is 0. The zero-order valence-electron chi connectivity index (χ0n) is 16.9. The molecular formula is C26H32. The largest absolute Gasteiger partial charge is 0.0654 e. The van der Waals surface area contributed by atoms with Gasteiger partial charge >= 0.3 is 0 Å². The quantitative estimate of drug-likeness (QED) is 0.410. The van der Waals surface area contributed by atoms with E-state index in [-0.39, 0.29) is 0 Å². The topological polar surface area (TPSA) is 0 Å². The van der Waals surface area contributed by atoms with Crippen LogP contribution < -0.4 is 0 Å². The van der Waals surface area contributed by atoms with Gasteiger partial charge in [-0.3, -0.25) is 0 Å². The Bertz CT molecular complexity index is 869. The number of hydrogen-bond acceptors (Lipinski definition) is 0. The molecule has 0 fully saturated rings. The first-order chi connectivity index (χ1) is 12.6. The van der Waals surface area contributed by atoms with Crippen molar-refractivity contribution in [2.24, 2.45) is 0 Å². The van der Waals surface area contributed by atoms with Crippen molar-refractivity contribution in [2.75, 3.05) is 0 Å². The second-order valence-electron chi connectivity index (χ2n) is 7.73. The number of benzene rings is 3. The molecule has 0 radical (unpaired) electrons. The van der Waals surface area contributed by atoms with E-state index in [9.17, 15) is 0 Å². The van der Waals surface area contributed by atoms with Gasteiger partial charge in [0.05, 0.1) is 0 Å². The zero-order chi connectivity index (χ0) is 18.5. The zero-order valence-corrected chi connectivity index (χ0v) is 16.9. The molecule has 0 heteroatoms. The van der Waals surface area contributed by atoms with Crippen LogP contribution in [0.15, 0.2) is 48.5 Å². The SMILES string of the molecule is CCCCc1cc(-c2ccc(C)cc2)cc2c(CCCC)cc(C)cc12. The van der Waals surface area contributed by atoms with E-state index in [0.717, 1.165) is 0 Å². The van der Waals surface area contributed by atoms with Crippen LogP contribution in [0, 0.1) is 13.8 Å². The van der Waals surface area contributed by atoms with Crippen molar-refractivity contribution in [3.63, 3.8) is 0 Å². The van der Waals surface area contributed by atoms with E-state index in [2.05, 4.69) is 76.2 Å². The Kier molecular flexibility index (Phi) is 6.14. The average Bonchev–Trinajstić information content (AvgIpc) is 2.64. The Morgan fingerprint density at radius 3 is 1.77 bits per heavy atom. The highest BCUT2D eigenvalue weighted by atomic mass is 14.1. The molecule has 0 saturated heterocycles. The minimum Gasteiger partial charge on any atom is -0.0654 e. The predicted molar refractivity (Wildman–Crippen MR) is 116 cm³/mol. The summed E-state index contributed by atoms with van der Waals surface area (Å²) in [5.41, 5.74) is 8.45. The monoisotopic (exact) mass is 344 g/mol. The molecule has 0 aliphatic carbocycles. The lowest BCUT2D eigenvalue weighted by Gasteiger charge is -2.15. The number of unbranched alkanes of at least 4 members (excludes halogenated alkanes) is 2. The highest BCUT2D eigenvalue weighted by Crippen LogP contribution is 2.32. The summed E-state index contributed by atoms with van der Waals surface area (Å²) in [6, 6.07) is 18.6. The highest BCUT2D eigenvalue weighted by molar-refractivity contribution is 5.93. The summed E-state index contributed by atoms with van der Waals surface area (Å²) in [6.07, 6.45) is 7.35. The van der Waals surface area contributed by atoms with Gasteiger partial charge in [-0.15, -0.1) is 0 Å². The van der Waals surface area contributed by atoms with Gasteiger partial charge in [0.25, 0.3) is 0 Å². The smallest absolute Gasteiger partial charge is 0.0143 e. The Balaban J connectivity index is 2.19. The Morgan fingerprint density at radius 2 is 1.15 bits per heavy atom. The fourth-order valence-electron chi connectivity index (χ4n) is 3.83. The molecule has 0 heterocycles. The van der Waals surface area contributed by atoms with Gasteiger partial charge in [0.1, 0.15) is 0 Å². The summed E-state index contributed by atoms with van der Waals surface area (Å²) >= 11 is 0. The van der Waals surface area contributed by atoms with Crippen LogP contribution in [-0.2, 0) is 12.8 Å². The Hall–Kier alpha value is -2.08. The summed E-state index contributed by atoms with van der Waals surface area (Å²) in [5, 5.41) is 2.94. The molecule has 3 rings (SSSR count). The number of hydrogen-bond donors (Lipinski definition) is 0. The summed E-state index contributed by atoms with van der Waals surface area (Å²) in [7, 11) is 0. The normalized spacial score (nSPS) is 11.2. The van der Waals surface area contributed by atoms with Crippen LogP contribution in [0.2, 0.25) is 0 Å². The molecule has 0 saturated carbocycles. The van der Waals surface area contributed by atoms with E-state index >= 15 is 0 Å². The molecule has 0 aromatic heterocycles. The van der Waals surface area contributed by atoms with Crippen molar-refractivity contribution in [1.29, 1.82) is 0 Å². The molecule has 3 aromatic rings. The van der Waals surface area contributed by atoms with E-state index < -0.39 is 0 Å². The van der Waals surface area contributed by atoms with Crippen LogP contribution in [0.3, 0.4) is 0 Å². The second kappa shape index (κ2) is 8.54. The maximum Gasteiger partial charge on any atom is -0.0143 e. The molecule has 0 nitrogen and oxygen atoms in total. The lowest BCUT2D eigenvalue weighted by molar-refractivity contribution is 0.795. The van der Waals surface area contributed by atoms with Gasteiger partial charge in [0.2, 0.25) is 0 Å². The standard InChI is InChI=1S/C26H32/c1-5-7-9-22-15-20(4)16-25-23(10-8-6-2)17-24(18-26(22)25)21-13-11-19(3)12-14-21/h11-18H,5-10H2,1-4H3.